The molecule has 1 aliphatic rings. The zero-order valence-electron chi connectivity index (χ0n) is 11.1. The summed E-state index contributed by atoms with van der Waals surface area (Å²) in [5, 5.41) is 6.08. The molecule has 2 N–H and O–H groups in total. The molecule has 1 fully saturated rings. The van der Waals surface area contributed by atoms with Crippen LogP contribution < -0.4 is 10.6 Å². The molecule has 0 aliphatic heterocycles. The van der Waals surface area contributed by atoms with Gasteiger partial charge in [0.2, 0.25) is 5.91 Å². The molecule has 1 rings (SSSR count). The SMILES string of the molecule is CCCCNC(=O)C(C)NCCOCC1CC1. The van der Waals surface area contributed by atoms with Crippen LogP contribution in [0.1, 0.15) is 39.5 Å². The van der Waals surface area contributed by atoms with Crippen molar-refractivity contribution >= 4 is 5.91 Å². The summed E-state index contributed by atoms with van der Waals surface area (Å²) in [6.45, 7) is 7.11. The average molecular weight is 242 g/mol. The first kappa shape index (κ1) is 14.5. The molecule has 0 heterocycles. The molecule has 0 aromatic rings. The van der Waals surface area contributed by atoms with Gasteiger partial charge in [-0.2, -0.15) is 0 Å². The van der Waals surface area contributed by atoms with Crippen LogP contribution in [0.4, 0.5) is 0 Å². The van der Waals surface area contributed by atoms with Crippen molar-refractivity contribution in [3.63, 3.8) is 0 Å². The summed E-state index contributed by atoms with van der Waals surface area (Å²) in [5.41, 5.74) is 0. The van der Waals surface area contributed by atoms with Crippen LogP contribution in [0, 0.1) is 5.92 Å². The van der Waals surface area contributed by atoms with Crippen LogP contribution in [0.25, 0.3) is 0 Å². The van der Waals surface area contributed by atoms with E-state index in [9.17, 15) is 4.79 Å². The second-order valence-corrected chi connectivity index (χ2v) is 4.84. The number of carbonyl (C=O) groups excluding carboxylic acids is 1. The molecule has 4 heteroatoms. The number of rotatable bonds is 10. The van der Waals surface area contributed by atoms with Gasteiger partial charge in [0.1, 0.15) is 0 Å². The Bertz CT molecular complexity index is 217. The summed E-state index contributed by atoms with van der Waals surface area (Å²) in [6, 6.07) is -0.128. The molecule has 0 saturated heterocycles. The van der Waals surface area contributed by atoms with Gasteiger partial charge >= 0.3 is 0 Å². The molecule has 0 bridgehead atoms. The van der Waals surface area contributed by atoms with Gasteiger partial charge in [0.15, 0.2) is 0 Å². The lowest BCUT2D eigenvalue weighted by Gasteiger charge is -2.13. The monoisotopic (exact) mass is 242 g/mol. The molecule has 0 aromatic carbocycles. The summed E-state index contributed by atoms with van der Waals surface area (Å²) in [7, 11) is 0. The zero-order chi connectivity index (χ0) is 12.5. The summed E-state index contributed by atoms with van der Waals surface area (Å²) in [5.74, 6) is 0.894. The van der Waals surface area contributed by atoms with Crippen molar-refractivity contribution in [1.29, 1.82) is 0 Å². The van der Waals surface area contributed by atoms with E-state index in [-0.39, 0.29) is 11.9 Å². The van der Waals surface area contributed by atoms with Crippen molar-refractivity contribution in [2.24, 2.45) is 5.92 Å². The quantitative estimate of drug-likeness (QED) is 0.568. The highest BCUT2D eigenvalue weighted by molar-refractivity contribution is 5.81. The van der Waals surface area contributed by atoms with Crippen LogP contribution in [-0.2, 0) is 9.53 Å². The number of nitrogens with one attached hydrogen (secondary N) is 2. The standard InChI is InChI=1S/C13H26N2O2/c1-3-4-7-15-13(16)11(2)14-8-9-17-10-12-5-6-12/h11-12,14H,3-10H2,1-2H3,(H,15,16). The zero-order valence-corrected chi connectivity index (χ0v) is 11.1. The molecule has 1 amide bonds. The number of unbranched alkanes of at least 4 members (excludes halogenated alkanes) is 1. The van der Waals surface area contributed by atoms with Gasteiger partial charge < -0.3 is 15.4 Å². The predicted molar refractivity (Wildman–Crippen MR) is 68.9 cm³/mol. The molecule has 4 nitrogen and oxygen atoms in total. The fourth-order valence-electron chi connectivity index (χ4n) is 1.52. The Balaban J connectivity index is 1.90. The maximum Gasteiger partial charge on any atom is 0.236 e. The summed E-state index contributed by atoms with van der Waals surface area (Å²) in [6.07, 6.45) is 4.80. The topological polar surface area (TPSA) is 50.4 Å². The molecular weight excluding hydrogens is 216 g/mol. The van der Waals surface area contributed by atoms with E-state index in [1.807, 2.05) is 6.92 Å². The first-order chi connectivity index (χ1) is 8.24. The number of hydrogen-bond donors (Lipinski definition) is 2. The Kier molecular flexibility index (Phi) is 7.21. The van der Waals surface area contributed by atoms with E-state index in [1.54, 1.807) is 0 Å². The fraction of sp³-hybridized carbons (Fsp3) is 0.923. The van der Waals surface area contributed by atoms with Crippen LogP contribution in [0.15, 0.2) is 0 Å². The maximum atomic E-state index is 11.6. The van der Waals surface area contributed by atoms with E-state index in [2.05, 4.69) is 17.6 Å². The molecule has 0 aromatic heterocycles. The second-order valence-electron chi connectivity index (χ2n) is 4.84. The van der Waals surface area contributed by atoms with Gasteiger partial charge in [0, 0.05) is 19.7 Å². The van der Waals surface area contributed by atoms with Gasteiger partial charge in [0.05, 0.1) is 12.6 Å². The lowest BCUT2D eigenvalue weighted by molar-refractivity contribution is -0.122. The van der Waals surface area contributed by atoms with Gasteiger partial charge in [-0.3, -0.25) is 4.79 Å². The van der Waals surface area contributed by atoms with Crippen molar-refractivity contribution in [2.75, 3.05) is 26.3 Å². The van der Waals surface area contributed by atoms with E-state index in [1.165, 1.54) is 12.8 Å². The molecule has 1 saturated carbocycles. The minimum absolute atomic E-state index is 0.0839. The van der Waals surface area contributed by atoms with Crippen LogP contribution >= 0.6 is 0 Å². The van der Waals surface area contributed by atoms with Crippen LogP contribution in [0.2, 0.25) is 0 Å². The predicted octanol–water partition coefficient (Wildman–Crippen LogP) is 1.31. The van der Waals surface area contributed by atoms with Crippen molar-refractivity contribution in [1.82, 2.24) is 10.6 Å². The Morgan fingerprint density at radius 2 is 2.18 bits per heavy atom. The van der Waals surface area contributed by atoms with E-state index in [0.29, 0.717) is 6.61 Å². The molecule has 100 valence electrons. The molecule has 0 radical (unpaired) electrons. The summed E-state index contributed by atoms with van der Waals surface area (Å²) < 4.78 is 5.49. The number of carbonyl (C=O) groups is 1. The van der Waals surface area contributed by atoms with Crippen LogP contribution in [0.5, 0.6) is 0 Å². The van der Waals surface area contributed by atoms with E-state index in [0.717, 1.165) is 38.5 Å². The Hall–Kier alpha value is -0.610. The second kappa shape index (κ2) is 8.48. The van der Waals surface area contributed by atoms with Gasteiger partial charge in [-0.15, -0.1) is 0 Å². The first-order valence-electron chi connectivity index (χ1n) is 6.83. The third kappa shape index (κ3) is 7.34. The van der Waals surface area contributed by atoms with Gasteiger partial charge in [-0.25, -0.2) is 0 Å². The van der Waals surface area contributed by atoms with E-state index < -0.39 is 0 Å². The molecule has 1 aliphatic carbocycles. The third-order valence-electron chi connectivity index (χ3n) is 2.97. The van der Waals surface area contributed by atoms with Gasteiger partial charge in [-0.1, -0.05) is 13.3 Å². The first-order valence-corrected chi connectivity index (χ1v) is 6.83. The van der Waals surface area contributed by atoms with E-state index in [4.69, 9.17) is 4.74 Å². The number of amides is 1. The lowest BCUT2D eigenvalue weighted by atomic mass is 10.3. The Morgan fingerprint density at radius 3 is 2.82 bits per heavy atom. The molecule has 17 heavy (non-hydrogen) atoms. The fourth-order valence-corrected chi connectivity index (χ4v) is 1.52. The number of hydrogen-bond acceptors (Lipinski definition) is 3. The lowest BCUT2D eigenvalue weighted by Crippen LogP contribution is -2.43. The van der Waals surface area contributed by atoms with Crippen molar-refractivity contribution in [3.05, 3.63) is 0 Å². The highest BCUT2D eigenvalue weighted by atomic mass is 16.5. The molecule has 0 spiro atoms. The van der Waals surface area contributed by atoms with Crippen molar-refractivity contribution in [2.45, 2.75) is 45.6 Å². The highest BCUT2D eigenvalue weighted by Gasteiger charge is 2.20. The summed E-state index contributed by atoms with van der Waals surface area (Å²) in [4.78, 5) is 11.6. The van der Waals surface area contributed by atoms with Gasteiger partial charge in [-0.05, 0) is 32.1 Å². The third-order valence-corrected chi connectivity index (χ3v) is 2.97. The van der Waals surface area contributed by atoms with Crippen molar-refractivity contribution < 1.29 is 9.53 Å². The summed E-state index contributed by atoms with van der Waals surface area (Å²) >= 11 is 0. The highest BCUT2D eigenvalue weighted by Crippen LogP contribution is 2.28. The Morgan fingerprint density at radius 1 is 1.41 bits per heavy atom. The minimum Gasteiger partial charge on any atom is -0.380 e. The van der Waals surface area contributed by atoms with Crippen LogP contribution in [-0.4, -0.2) is 38.3 Å². The molecule has 1 atom stereocenters. The van der Waals surface area contributed by atoms with Crippen molar-refractivity contribution in [3.8, 4) is 0 Å². The molecular formula is C13H26N2O2. The average Bonchev–Trinajstić information content (AvgIpc) is 3.12. The van der Waals surface area contributed by atoms with E-state index >= 15 is 0 Å². The Labute approximate surface area is 104 Å². The normalized spacial score (nSPS) is 16.8. The van der Waals surface area contributed by atoms with Gasteiger partial charge in [0.25, 0.3) is 0 Å². The smallest absolute Gasteiger partial charge is 0.236 e. The maximum absolute atomic E-state index is 11.6. The van der Waals surface area contributed by atoms with Crippen LogP contribution in [0.3, 0.4) is 0 Å². The largest absolute Gasteiger partial charge is 0.380 e. The minimum atomic E-state index is -0.128. The molecule has 1 unspecified atom stereocenters. The number of ether oxygens (including phenoxy) is 1.